The number of morpholine rings is 1. The Balaban J connectivity index is 1.80. The lowest BCUT2D eigenvalue weighted by atomic mass is 10.2. The molecule has 0 bridgehead atoms. The van der Waals surface area contributed by atoms with Crippen LogP contribution in [0.5, 0.6) is 0 Å². The van der Waals surface area contributed by atoms with Crippen molar-refractivity contribution in [3.63, 3.8) is 0 Å². The van der Waals surface area contributed by atoms with E-state index in [1.54, 1.807) is 41.3 Å². The normalized spacial score (nSPS) is 14.1. The maximum atomic E-state index is 13.1. The van der Waals surface area contributed by atoms with Crippen LogP contribution >= 0.6 is 0 Å². The Labute approximate surface area is 160 Å². The van der Waals surface area contributed by atoms with E-state index in [0.717, 1.165) is 4.68 Å². The third-order valence-corrected chi connectivity index (χ3v) is 4.50. The first kappa shape index (κ1) is 17.9. The molecule has 0 atom stereocenters. The first-order valence-electron chi connectivity index (χ1n) is 8.89. The van der Waals surface area contributed by atoms with Gasteiger partial charge in [-0.05, 0) is 18.2 Å². The fourth-order valence-corrected chi connectivity index (χ4v) is 3.05. The molecule has 0 N–H and O–H groups in total. The topological polar surface area (TPSA) is 86.4 Å². The molecule has 1 saturated heterocycles. The van der Waals surface area contributed by atoms with Crippen molar-refractivity contribution in [1.29, 1.82) is 0 Å². The largest absolute Gasteiger partial charge is 0.378 e. The first-order valence-corrected chi connectivity index (χ1v) is 8.89. The molecule has 0 radical (unpaired) electrons. The summed E-state index contributed by atoms with van der Waals surface area (Å²) in [6.45, 7) is 1.78. The Morgan fingerprint density at radius 1 is 0.929 bits per heavy atom. The van der Waals surface area contributed by atoms with Gasteiger partial charge in [0.25, 0.3) is 17.4 Å². The Morgan fingerprint density at radius 2 is 1.64 bits per heavy atom. The molecule has 8 nitrogen and oxygen atoms in total. The second kappa shape index (κ2) is 7.61. The molecule has 3 heterocycles. The van der Waals surface area contributed by atoms with Gasteiger partial charge in [0.2, 0.25) is 0 Å². The highest BCUT2D eigenvalue weighted by Crippen LogP contribution is 2.16. The molecule has 3 aromatic rings. The molecule has 1 aliphatic rings. The van der Waals surface area contributed by atoms with Crippen molar-refractivity contribution in [3.8, 4) is 5.82 Å². The van der Waals surface area contributed by atoms with Crippen LogP contribution in [0.4, 0.5) is 0 Å². The van der Waals surface area contributed by atoms with Gasteiger partial charge in [-0.15, -0.1) is 5.10 Å². The average molecular weight is 378 g/mol. The van der Waals surface area contributed by atoms with Crippen LogP contribution < -0.4 is 5.56 Å². The van der Waals surface area contributed by atoms with Crippen LogP contribution in [0.3, 0.4) is 0 Å². The Hall–Kier alpha value is -3.52. The van der Waals surface area contributed by atoms with E-state index in [-0.39, 0.29) is 28.8 Å². The molecule has 0 saturated carbocycles. The van der Waals surface area contributed by atoms with Gasteiger partial charge < -0.3 is 9.64 Å². The van der Waals surface area contributed by atoms with E-state index < -0.39 is 0 Å². The van der Waals surface area contributed by atoms with Crippen molar-refractivity contribution < 1.29 is 14.3 Å². The number of ether oxygens (including phenoxy) is 1. The molecule has 2 aromatic heterocycles. The minimum absolute atomic E-state index is 0.131. The third kappa shape index (κ3) is 3.37. The molecular formula is C20H18N4O4. The smallest absolute Gasteiger partial charge is 0.278 e. The molecule has 1 aromatic carbocycles. The number of hydrogen-bond acceptors (Lipinski definition) is 5. The molecular weight excluding hydrogens is 360 g/mol. The quantitative estimate of drug-likeness (QED) is 0.683. The molecule has 4 rings (SSSR count). The van der Waals surface area contributed by atoms with E-state index in [1.165, 1.54) is 23.0 Å². The molecule has 0 aliphatic carbocycles. The molecule has 1 amide bonds. The number of aromatic nitrogens is 3. The van der Waals surface area contributed by atoms with Crippen LogP contribution in [-0.2, 0) is 4.74 Å². The highest BCUT2D eigenvalue weighted by atomic mass is 16.5. The molecule has 1 aliphatic heterocycles. The van der Waals surface area contributed by atoms with Crippen LogP contribution in [0.2, 0.25) is 0 Å². The van der Waals surface area contributed by atoms with Crippen LogP contribution in [0.1, 0.15) is 20.7 Å². The summed E-state index contributed by atoms with van der Waals surface area (Å²) >= 11 is 0. The molecule has 1 fully saturated rings. The lowest BCUT2D eigenvalue weighted by molar-refractivity contribution is 0.0303. The number of nitrogens with zero attached hydrogens (tertiary/aromatic N) is 4. The number of rotatable bonds is 3. The predicted octanol–water partition coefficient (Wildman–Crippen LogP) is 1.19. The summed E-state index contributed by atoms with van der Waals surface area (Å²) < 4.78 is 7.67. The van der Waals surface area contributed by atoms with Crippen molar-refractivity contribution >= 4 is 11.8 Å². The van der Waals surface area contributed by atoms with Gasteiger partial charge in [-0.1, -0.05) is 24.3 Å². The second-order valence-corrected chi connectivity index (χ2v) is 6.30. The SMILES string of the molecule is O=C(c1cn(C(=O)c2ccccc2)nc1-n1ccccc1=O)N1CCOCC1. The molecule has 0 spiro atoms. The van der Waals surface area contributed by atoms with Crippen LogP contribution in [0.25, 0.3) is 5.82 Å². The van der Waals surface area contributed by atoms with Gasteiger partial charge in [0.05, 0.1) is 13.2 Å². The van der Waals surface area contributed by atoms with Crippen LogP contribution in [0.15, 0.2) is 65.7 Å². The lowest BCUT2D eigenvalue weighted by Crippen LogP contribution is -2.41. The van der Waals surface area contributed by atoms with E-state index in [4.69, 9.17) is 4.74 Å². The van der Waals surface area contributed by atoms with Crippen molar-refractivity contribution in [2.24, 2.45) is 0 Å². The Kier molecular flexibility index (Phi) is 4.86. The summed E-state index contributed by atoms with van der Waals surface area (Å²) in [6, 6.07) is 13.3. The van der Waals surface area contributed by atoms with E-state index in [0.29, 0.717) is 31.9 Å². The summed E-state index contributed by atoms with van der Waals surface area (Å²) in [5, 5.41) is 4.28. The number of benzene rings is 1. The maximum Gasteiger partial charge on any atom is 0.278 e. The monoisotopic (exact) mass is 378 g/mol. The zero-order valence-electron chi connectivity index (χ0n) is 15.0. The Bertz CT molecular complexity index is 1070. The molecule has 8 heteroatoms. The summed E-state index contributed by atoms with van der Waals surface area (Å²) in [7, 11) is 0. The van der Waals surface area contributed by atoms with E-state index in [9.17, 15) is 14.4 Å². The van der Waals surface area contributed by atoms with Gasteiger partial charge in [-0.25, -0.2) is 4.68 Å². The van der Waals surface area contributed by atoms with Crippen molar-refractivity contribution in [2.45, 2.75) is 0 Å². The van der Waals surface area contributed by atoms with Gasteiger partial charge in [0, 0.05) is 37.1 Å². The van der Waals surface area contributed by atoms with E-state index in [1.807, 2.05) is 6.07 Å². The zero-order valence-corrected chi connectivity index (χ0v) is 15.0. The fourth-order valence-electron chi connectivity index (χ4n) is 3.05. The van der Waals surface area contributed by atoms with Crippen molar-refractivity contribution in [3.05, 3.63) is 82.4 Å². The minimum Gasteiger partial charge on any atom is -0.378 e. The highest BCUT2D eigenvalue weighted by molar-refractivity contribution is 6.00. The zero-order chi connectivity index (χ0) is 19.5. The van der Waals surface area contributed by atoms with Gasteiger partial charge in [-0.2, -0.15) is 0 Å². The van der Waals surface area contributed by atoms with E-state index >= 15 is 0 Å². The number of hydrogen-bond donors (Lipinski definition) is 0. The Morgan fingerprint density at radius 3 is 2.36 bits per heavy atom. The number of carbonyl (C=O) groups excluding carboxylic acids is 2. The summed E-state index contributed by atoms with van der Waals surface area (Å²) in [5.74, 6) is -0.542. The summed E-state index contributed by atoms with van der Waals surface area (Å²) in [6.07, 6.45) is 2.92. The molecule has 28 heavy (non-hydrogen) atoms. The number of carbonyl (C=O) groups is 2. The van der Waals surface area contributed by atoms with Crippen molar-refractivity contribution in [1.82, 2.24) is 19.2 Å². The number of pyridine rings is 1. The predicted molar refractivity (Wildman–Crippen MR) is 101 cm³/mol. The van der Waals surface area contributed by atoms with Crippen LogP contribution in [0, 0.1) is 0 Å². The molecule has 0 unspecified atom stereocenters. The average Bonchev–Trinajstić information content (AvgIpc) is 3.19. The first-order chi connectivity index (χ1) is 13.6. The third-order valence-electron chi connectivity index (χ3n) is 4.50. The van der Waals surface area contributed by atoms with E-state index in [2.05, 4.69) is 5.10 Å². The van der Waals surface area contributed by atoms with Gasteiger partial charge in [-0.3, -0.25) is 19.0 Å². The fraction of sp³-hybridized carbons (Fsp3) is 0.200. The van der Waals surface area contributed by atoms with Gasteiger partial charge >= 0.3 is 0 Å². The van der Waals surface area contributed by atoms with Crippen LogP contribution in [-0.4, -0.2) is 57.4 Å². The highest BCUT2D eigenvalue weighted by Gasteiger charge is 2.26. The standard InChI is InChI=1S/C20H18N4O4/c25-17-8-4-5-9-23(17)18-16(20(27)22-10-12-28-13-11-22)14-24(21-18)19(26)15-6-2-1-3-7-15/h1-9,14H,10-13H2. The summed E-state index contributed by atoms with van der Waals surface area (Å²) in [5.41, 5.74) is 0.290. The molecule has 142 valence electrons. The number of amides is 1. The van der Waals surface area contributed by atoms with Gasteiger partial charge in [0.15, 0.2) is 5.82 Å². The van der Waals surface area contributed by atoms with Crippen molar-refractivity contribution in [2.75, 3.05) is 26.3 Å². The lowest BCUT2D eigenvalue weighted by Gasteiger charge is -2.26. The minimum atomic E-state index is -0.383. The van der Waals surface area contributed by atoms with Gasteiger partial charge in [0.1, 0.15) is 5.56 Å². The second-order valence-electron chi connectivity index (χ2n) is 6.30. The maximum absolute atomic E-state index is 13.1. The summed E-state index contributed by atoms with van der Waals surface area (Å²) in [4.78, 5) is 39.8.